The van der Waals surface area contributed by atoms with Gasteiger partial charge in [-0.1, -0.05) is 42.4 Å². The summed E-state index contributed by atoms with van der Waals surface area (Å²) < 4.78 is 0. The number of nitrogens with one attached hydrogen (secondary N) is 1. The van der Waals surface area contributed by atoms with Gasteiger partial charge in [0.05, 0.1) is 5.71 Å². The van der Waals surface area contributed by atoms with Crippen molar-refractivity contribution >= 4 is 11.6 Å². The minimum Gasteiger partial charge on any atom is -0.382 e. The first-order valence-electron chi connectivity index (χ1n) is 7.81. The normalized spacial score (nSPS) is 28.6. The molecular formula is C17H22N2O2. The van der Waals surface area contributed by atoms with Crippen LogP contribution in [0.5, 0.6) is 0 Å². The Morgan fingerprint density at radius 1 is 1.19 bits per heavy atom. The average molecular weight is 286 g/mol. The summed E-state index contributed by atoms with van der Waals surface area (Å²) in [4.78, 5) is 17.6. The van der Waals surface area contributed by atoms with Crippen LogP contribution in [-0.4, -0.2) is 23.8 Å². The van der Waals surface area contributed by atoms with Crippen molar-refractivity contribution in [2.75, 3.05) is 0 Å². The molecule has 0 aromatic heterocycles. The van der Waals surface area contributed by atoms with Gasteiger partial charge < -0.3 is 10.2 Å². The molecule has 1 aromatic rings. The van der Waals surface area contributed by atoms with Gasteiger partial charge in [-0.3, -0.25) is 4.79 Å². The van der Waals surface area contributed by atoms with E-state index in [0.29, 0.717) is 12.5 Å². The molecule has 4 nitrogen and oxygen atoms in total. The number of hydrogen-bond acceptors (Lipinski definition) is 3. The van der Waals surface area contributed by atoms with E-state index >= 15 is 0 Å². The van der Waals surface area contributed by atoms with Gasteiger partial charge in [0.2, 0.25) is 6.10 Å². The molecule has 1 amide bonds. The van der Waals surface area contributed by atoms with Crippen LogP contribution >= 0.6 is 0 Å². The van der Waals surface area contributed by atoms with Gasteiger partial charge in [0, 0.05) is 12.5 Å². The predicted molar refractivity (Wildman–Crippen MR) is 82.0 cm³/mol. The predicted octanol–water partition coefficient (Wildman–Crippen LogP) is 2.87. The second-order valence-corrected chi connectivity index (χ2v) is 6.17. The smallest absolute Gasteiger partial charge is 0.264 e. The van der Waals surface area contributed by atoms with Crippen molar-refractivity contribution < 1.29 is 9.63 Å². The summed E-state index contributed by atoms with van der Waals surface area (Å²) in [5, 5.41) is 7.19. The van der Waals surface area contributed by atoms with Crippen LogP contribution in [-0.2, 0) is 9.63 Å². The highest BCUT2D eigenvalue weighted by Gasteiger charge is 2.30. The SMILES string of the molecule is CC1CCC(NC(=O)C2CC(c3ccccc3)=NO2)CC1. The zero-order chi connectivity index (χ0) is 14.7. The van der Waals surface area contributed by atoms with Crippen LogP contribution < -0.4 is 5.32 Å². The third-order valence-electron chi connectivity index (χ3n) is 4.43. The molecule has 112 valence electrons. The number of carbonyl (C=O) groups is 1. The lowest BCUT2D eigenvalue weighted by Crippen LogP contribution is -2.43. The van der Waals surface area contributed by atoms with Gasteiger partial charge in [0.15, 0.2) is 0 Å². The molecule has 1 saturated carbocycles. The number of carbonyl (C=O) groups excluding carboxylic acids is 1. The molecule has 1 aliphatic heterocycles. The molecule has 1 aliphatic carbocycles. The third kappa shape index (κ3) is 3.43. The molecule has 1 aromatic carbocycles. The number of benzene rings is 1. The molecule has 4 heteroatoms. The van der Waals surface area contributed by atoms with Crippen LogP contribution in [0.4, 0.5) is 0 Å². The molecule has 21 heavy (non-hydrogen) atoms. The van der Waals surface area contributed by atoms with Crippen LogP contribution in [0.25, 0.3) is 0 Å². The maximum absolute atomic E-state index is 12.3. The van der Waals surface area contributed by atoms with Gasteiger partial charge in [-0.2, -0.15) is 0 Å². The minimum absolute atomic E-state index is 0.0239. The van der Waals surface area contributed by atoms with Gasteiger partial charge in [-0.05, 0) is 37.2 Å². The van der Waals surface area contributed by atoms with Crippen molar-refractivity contribution in [3.8, 4) is 0 Å². The Kier molecular flexibility index (Phi) is 4.23. The fourth-order valence-corrected chi connectivity index (χ4v) is 3.02. The second-order valence-electron chi connectivity index (χ2n) is 6.17. The van der Waals surface area contributed by atoms with E-state index in [4.69, 9.17) is 4.84 Å². The van der Waals surface area contributed by atoms with Crippen molar-refractivity contribution in [2.45, 2.75) is 51.2 Å². The summed E-state index contributed by atoms with van der Waals surface area (Å²) in [6.45, 7) is 2.28. The summed E-state index contributed by atoms with van der Waals surface area (Å²) in [7, 11) is 0. The van der Waals surface area contributed by atoms with Gasteiger partial charge in [0.25, 0.3) is 5.91 Å². The topological polar surface area (TPSA) is 50.7 Å². The van der Waals surface area contributed by atoms with Crippen molar-refractivity contribution in [3.63, 3.8) is 0 Å². The lowest BCUT2D eigenvalue weighted by Gasteiger charge is -2.27. The van der Waals surface area contributed by atoms with Crippen LogP contribution in [0.2, 0.25) is 0 Å². The van der Waals surface area contributed by atoms with Gasteiger partial charge in [0.1, 0.15) is 0 Å². The highest BCUT2D eigenvalue weighted by Crippen LogP contribution is 2.24. The Labute approximate surface area is 125 Å². The summed E-state index contributed by atoms with van der Waals surface area (Å²) in [5.74, 6) is 0.762. The molecule has 0 spiro atoms. The summed E-state index contributed by atoms with van der Waals surface area (Å²) in [5.41, 5.74) is 1.88. The Hall–Kier alpha value is -1.84. The fraction of sp³-hybridized carbons (Fsp3) is 0.529. The lowest BCUT2D eigenvalue weighted by molar-refractivity contribution is -0.132. The average Bonchev–Trinajstić information content (AvgIpc) is 3.00. The lowest BCUT2D eigenvalue weighted by atomic mass is 9.87. The highest BCUT2D eigenvalue weighted by molar-refractivity contribution is 6.04. The van der Waals surface area contributed by atoms with E-state index in [2.05, 4.69) is 17.4 Å². The Morgan fingerprint density at radius 2 is 1.90 bits per heavy atom. The zero-order valence-corrected chi connectivity index (χ0v) is 12.4. The van der Waals surface area contributed by atoms with Crippen molar-refractivity contribution in [1.82, 2.24) is 5.32 Å². The highest BCUT2D eigenvalue weighted by atomic mass is 16.6. The molecular weight excluding hydrogens is 264 g/mol. The van der Waals surface area contributed by atoms with Crippen molar-refractivity contribution in [2.24, 2.45) is 11.1 Å². The summed E-state index contributed by atoms with van der Waals surface area (Å²) in [6, 6.07) is 10.2. The van der Waals surface area contributed by atoms with Crippen LogP contribution in [0, 0.1) is 5.92 Å². The van der Waals surface area contributed by atoms with Crippen molar-refractivity contribution in [1.29, 1.82) is 0 Å². The summed E-state index contributed by atoms with van der Waals surface area (Å²) >= 11 is 0. The molecule has 1 N–H and O–H groups in total. The fourth-order valence-electron chi connectivity index (χ4n) is 3.02. The first-order chi connectivity index (χ1) is 10.2. The Bertz CT molecular complexity index is 519. The number of oxime groups is 1. The van der Waals surface area contributed by atoms with Gasteiger partial charge >= 0.3 is 0 Å². The van der Waals surface area contributed by atoms with Gasteiger partial charge in [-0.15, -0.1) is 0 Å². The monoisotopic (exact) mass is 286 g/mol. The molecule has 1 fully saturated rings. The maximum atomic E-state index is 12.3. The third-order valence-corrected chi connectivity index (χ3v) is 4.43. The number of hydrogen-bond donors (Lipinski definition) is 1. The number of nitrogens with zero attached hydrogens (tertiary/aromatic N) is 1. The largest absolute Gasteiger partial charge is 0.382 e. The van der Waals surface area contributed by atoms with Crippen LogP contribution in [0.3, 0.4) is 0 Å². The first-order valence-corrected chi connectivity index (χ1v) is 7.81. The molecule has 0 bridgehead atoms. The number of amides is 1. The van der Waals surface area contributed by atoms with E-state index in [1.165, 1.54) is 12.8 Å². The quantitative estimate of drug-likeness (QED) is 0.929. The van der Waals surface area contributed by atoms with Gasteiger partial charge in [-0.25, -0.2) is 0 Å². The molecule has 1 heterocycles. The maximum Gasteiger partial charge on any atom is 0.264 e. The van der Waals surface area contributed by atoms with E-state index in [0.717, 1.165) is 30.0 Å². The standard InChI is InChI=1S/C17H22N2O2/c1-12-7-9-14(10-8-12)18-17(20)16-11-15(19-21-16)13-5-3-2-4-6-13/h2-6,12,14,16H,7-11H2,1H3,(H,18,20). The summed E-state index contributed by atoms with van der Waals surface area (Å²) in [6.07, 6.45) is 4.63. The molecule has 0 saturated heterocycles. The first kappa shape index (κ1) is 14.1. The van der Waals surface area contributed by atoms with Crippen LogP contribution in [0.1, 0.15) is 44.6 Å². The van der Waals surface area contributed by atoms with E-state index in [9.17, 15) is 4.79 Å². The molecule has 1 unspecified atom stereocenters. The van der Waals surface area contributed by atoms with E-state index in [1.807, 2.05) is 30.3 Å². The molecule has 0 radical (unpaired) electrons. The van der Waals surface area contributed by atoms with E-state index in [1.54, 1.807) is 0 Å². The molecule has 2 aliphatic rings. The molecule has 3 rings (SSSR count). The Balaban J connectivity index is 1.52. The van der Waals surface area contributed by atoms with Crippen LogP contribution in [0.15, 0.2) is 35.5 Å². The zero-order valence-electron chi connectivity index (χ0n) is 12.4. The van der Waals surface area contributed by atoms with Crippen molar-refractivity contribution in [3.05, 3.63) is 35.9 Å². The minimum atomic E-state index is -0.473. The Morgan fingerprint density at radius 3 is 2.62 bits per heavy atom. The van der Waals surface area contributed by atoms with E-state index < -0.39 is 6.10 Å². The van der Waals surface area contributed by atoms with E-state index in [-0.39, 0.29) is 5.91 Å². The second kappa shape index (κ2) is 6.29. The number of rotatable bonds is 3. The molecule has 1 atom stereocenters.